The standard InChI is InChI=1S/C31H25N2O.C13H12N.Ir/c1-31(2,3)17-20-11-13-27(32-18-20)23-12-14-28(33-19-23)25-10-6-9-24-26-15-21-7-4-5-8-22(21)16-29(26)34-30(24)25;1-10-3-6-12(7-4-10)13-8-5-11(2)9-14-13;/h4-9,11-16,18-19H,17H2,1-3H3;3-6,8-9H,1-2H3;/q2*-1;/i17D2;1D3,2D3;. The van der Waals surface area contributed by atoms with Crippen molar-refractivity contribution < 1.29 is 35.5 Å². The zero-order valence-electron chi connectivity index (χ0n) is 35.1. The minimum Gasteiger partial charge on any atom is -0.501 e. The van der Waals surface area contributed by atoms with Gasteiger partial charge in [0, 0.05) is 60.6 Å². The van der Waals surface area contributed by atoms with E-state index in [0.29, 0.717) is 16.8 Å². The molecule has 0 N–H and O–H groups in total. The van der Waals surface area contributed by atoms with Crippen LogP contribution in [0.5, 0.6) is 0 Å². The Morgan fingerprint density at radius 1 is 0.714 bits per heavy atom. The van der Waals surface area contributed by atoms with E-state index in [2.05, 4.69) is 46.4 Å². The fraction of sp³-hybridized carbons (Fsp3) is 0.159. The molecule has 0 bridgehead atoms. The van der Waals surface area contributed by atoms with Crippen LogP contribution in [0.15, 0.2) is 126 Å². The molecule has 49 heavy (non-hydrogen) atoms. The van der Waals surface area contributed by atoms with Gasteiger partial charge in [-0.3, -0.25) is 4.98 Å². The smallest absolute Gasteiger partial charge is 0.121 e. The zero-order chi connectivity index (χ0) is 40.0. The molecule has 0 aliphatic heterocycles. The van der Waals surface area contributed by atoms with Crippen LogP contribution < -0.4 is 0 Å². The van der Waals surface area contributed by atoms with Crippen molar-refractivity contribution in [3.05, 3.63) is 151 Å². The third-order valence-electron chi connectivity index (χ3n) is 7.75. The Bertz CT molecular complexity index is 2590. The van der Waals surface area contributed by atoms with Crippen LogP contribution in [0.1, 0.15) is 48.4 Å². The SMILES string of the molecule is [2H]C([2H])([2H])c1c[c-]c(-c2ccc(C([2H])([2H])[2H])cn2)cc1.[2H]C([2H])(c1ccc(-c2ccc(-c3[c-]ccc4c3oc3cc5ccccc5cc34)nc2)nc1)C(C)(C)C.[Ir]. The first kappa shape index (κ1) is 25.1. The van der Waals surface area contributed by atoms with Gasteiger partial charge in [0.05, 0.1) is 11.3 Å². The van der Waals surface area contributed by atoms with Crippen LogP contribution in [0.2, 0.25) is 0 Å². The van der Waals surface area contributed by atoms with Crippen molar-refractivity contribution in [1.82, 2.24) is 15.0 Å². The second-order valence-electron chi connectivity index (χ2n) is 12.6. The summed E-state index contributed by atoms with van der Waals surface area (Å²) in [6, 6.07) is 37.8. The fourth-order valence-electron chi connectivity index (χ4n) is 5.52. The van der Waals surface area contributed by atoms with Gasteiger partial charge in [0.1, 0.15) is 5.58 Å². The molecule has 4 nitrogen and oxygen atoms in total. The Hall–Kier alpha value is -4.96. The molecule has 0 aliphatic carbocycles. The van der Waals surface area contributed by atoms with Crippen molar-refractivity contribution in [3.8, 4) is 33.8 Å². The number of aromatic nitrogens is 3. The van der Waals surface area contributed by atoms with E-state index in [9.17, 15) is 0 Å². The molecule has 245 valence electrons. The predicted octanol–water partition coefficient (Wildman–Crippen LogP) is 11.4. The van der Waals surface area contributed by atoms with E-state index < -0.39 is 25.5 Å². The van der Waals surface area contributed by atoms with Crippen molar-refractivity contribution in [1.29, 1.82) is 0 Å². The minimum atomic E-state index is -2.18. The van der Waals surface area contributed by atoms with Crippen LogP contribution >= 0.6 is 0 Å². The average molecular weight is 824 g/mol. The topological polar surface area (TPSA) is 51.8 Å². The molecule has 1 radical (unpaired) electrons. The predicted molar refractivity (Wildman–Crippen MR) is 198 cm³/mol. The molecular formula is C44H37IrN3O-2. The van der Waals surface area contributed by atoms with Gasteiger partial charge in [-0.2, -0.15) is 0 Å². The number of hydrogen-bond acceptors (Lipinski definition) is 4. The molecule has 8 rings (SSSR count). The molecule has 4 aromatic heterocycles. The molecular weight excluding hydrogens is 779 g/mol. The molecule has 0 amide bonds. The molecule has 0 aliphatic rings. The summed E-state index contributed by atoms with van der Waals surface area (Å²) in [7, 11) is 0. The number of benzene rings is 4. The van der Waals surface area contributed by atoms with Crippen LogP contribution in [0.4, 0.5) is 0 Å². The normalized spacial score (nSPS) is 14.5. The number of pyridine rings is 3. The van der Waals surface area contributed by atoms with Crippen LogP contribution in [-0.2, 0) is 26.5 Å². The maximum Gasteiger partial charge on any atom is 0.121 e. The molecule has 4 heterocycles. The Morgan fingerprint density at radius 2 is 1.45 bits per heavy atom. The van der Waals surface area contributed by atoms with Gasteiger partial charge in [0.2, 0.25) is 0 Å². The summed E-state index contributed by atoms with van der Waals surface area (Å²) in [6.45, 7) is 1.34. The summed E-state index contributed by atoms with van der Waals surface area (Å²) in [6.07, 6.45) is 3.24. The monoisotopic (exact) mass is 824 g/mol. The third kappa shape index (κ3) is 7.70. The van der Waals surface area contributed by atoms with Crippen molar-refractivity contribution in [2.45, 2.75) is 40.8 Å². The summed E-state index contributed by atoms with van der Waals surface area (Å²) in [5.74, 6) is 0. The maximum atomic E-state index is 8.47. The van der Waals surface area contributed by atoms with Crippen LogP contribution in [-0.4, -0.2) is 15.0 Å². The van der Waals surface area contributed by atoms with E-state index >= 15 is 0 Å². The summed E-state index contributed by atoms with van der Waals surface area (Å²) in [5.41, 5.74) is 6.42. The Kier molecular flexibility index (Phi) is 7.30. The van der Waals surface area contributed by atoms with Crippen LogP contribution in [0.25, 0.3) is 66.5 Å². The molecule has 0 saturated carbocycles. The first-order valence-electron chi connectivity index (χ1n) is 19.6. The summed E-state index contributed by atoms with van der Waals surface area (Å²) in [5, 5.41) is 4.44. The van der Waals surface area contributed by atoms with Crippen LogP contribution in [0, 0.1) is 31.3 Å². The number of nitrogens with zero attached hydrogens (tertiary/aromatic N) is 3. The largest absolute Gasteiger partial charge is 0.501 e. The summed E-state index contributed by atoms with van der Waals surface area (Å²) in [4.78, 5) is 13.3. The number of aryl methyl sites for hydroxylation is 2. The molecule has 8 aromatic rings. The van der Waals surface area contributed by atoms with Gasteiger partial charge in [0.25, 0.3) is 0 Å². The first-order chi connectivity index (χ1) is 26.4. The van der Waals surface area contributed by atoms with E-state index in [-0.39, 0.29) is 31.2 Å². The first-order valence-corrected chi connectivity index (χ1v) is 15.6. The fourth-order valence-corrected chi connectivity index (χ4v) is 5.52. The molecule has 0 spiro atoms. The Morgan fingerprint density at radius 3 is 2.10 bits per heavy atom. The number of furan rings is 1. The van der Waals surface area contributed by atoms with Crippen molar-refractivity contribution in [2.75, 3.05) is 0 Å². The average Bonchev–Trinajstić information content (AvgIpc) is 3.54. The van der Waals surface area contributed by atoms with E-state index in [0.717, 1.165) is 49.8 Å². The van der Waals surface area contributed by atoms with Gasteiger partial charge in [-0.15, -0.1) is 53.6 Å². The second kappa shape index (κ2) is 14.3. The summed E-state index contributed by atoms with van der Waals surface area (Å²) >= 11 is 0. The maximum absolute atomic E-state index is 8.47. The zero-order valence-corrected chi connectivity index (χ0v) is 29.5. The minimum absolute atomic E-state index is 0. The Balaban J connectivity index is 0.000000223. The third-order valence-corrected chi connectivity index (χ3v) is 7.75. The van der Waals surface area contributed by atoms with Crippen molar-refractivity contribution >= 4 is 32.7 Å². The van der Waals surface area contributed by atoms with Gasteiger partial charge in [-0.1, -0.05) is 93.2 Å². The Labute approximate surface area is 312 Å². The molecule has 5 heteroatoms. The van der Waals surface area contributed by atoms with E-state index in [4.69, 9.17) is 20.4 Å². The number of hydrogen-bond donors (Lipinski definition) is 0. The quantitative estimate of drug-likeness (QED) is 0.166. The molecule has 0 fully saturated rings. The van der Waals surface area contributed by atoms with Gasteiger partial charge in [-0.05, 0) is 70.1 Å². The molecule has 4 aromatic carbocycles. The van der Waals surface area contributed by atoms with Gasteiger partial charge in [0.15, 0.2) is 0 Å². The van der Waals surface area contributed by atoms with Crippen LogP contribution in [0.3, 0.4) is 0 Å². The van der Waals surface area contributed by atoms with Crippen molar-refractivity contribution in [2.24, 2.45) is 5.41 Å². The molecule has 0 unspecified atom stereocenters. The molecule has 0 atom stereocenters. The summed E-state index contributed by atoms with van der Waals surface area (Å²) < 4.78 is 66.9. The number of rotatable bonds is 4. The van der Waals surface area contributed by atoms with Gasteiger partial charge in [-0.25, -0.2) is 0 Å². The molecule has 0 saturated heterocycles. The number of fused-ring (bicyclic) bond motifs is 4. The second-order valence-corrected chi connectivity index (χ2v) is 12.6. The van der Waals surface area contributed by atoms with Gasteiger partial charge < -0.3 is 14.4 Å². The van der Waals surface area contributed by atoms with Gasteiger partial charge >= 0.3 is 0 Å². The van der Waals surface area contributed by atoms with E-state index in [1.165, 1.54) is 29.8 Å². The van der Waals surface area contributed by atoms with Crippen molar-refractivity contribution in [3.63, 3.8) is 0 Å². The van der Waals surface area contributed by atoms with E-state index in [1.54, 1.807) is 24.5 Å². The van der Waals surface area contributed by atoms with E-state index in [1.807, 2.05) is 69.3 Å².